The summed E-state index contributed by atoms with van der Waals surface area (Å²) in [6, 6.07) is 0. The molecule has 0 saturated carbocycles. The molecule has 15 heteroatoms. The van der Waals surface area contributed by atoms with Crippen LogP contribution in [0, 0.1) is 0 Å². The van der Waals surface area contributed by atoms with Crippen molar-refractivity contribution in [2.75, 3.05) is 16.0 Å². The van der Waals surface area contributed by atoms with Gasteiger partial charge in [0.05, 0.1) is 0 Å². The molecule has 0 saturated heterocycles. The van der Waals surface area contributed by atoms with Crippen molar-refractivity contribution < 1.29 is 14.4 Å². The topological polar surface area (TPSA) is 126 Å². The van der Waals surface area contributed by atoms with Crippen LogP contribution in [-0.2, 0) is 14.4 Å². The van der Waals surface area contributed by atoms with Gasteiger partial charge in [-0.1, -0.05) is 69.6 Å². The quantitative estimate of drug-likeness (QED) is 0.560. The van der Waals surface area contributed by atoms with Crippen LogP contribution in [0.25, 0.3) is 0 Å². The Balaban J connectivity index is 3.11. The summed E-state index contributed by atoms with van der Waals surface area (Å²) in [5.74, 6) is -3.73. The zero-order valence-electron chi connectivity index (χ0n) is 11.1. The fraction of sp³-hybridized carbons (Fsp3) is 0.333. The van der Waals surface area contributed by atoms with Gasteiger partial charge in [0.2, 0.25) is 17.8 Å². The number of nitrogens with one attached hydrogen (secondary N) is 3. The van der Waals surface area contributed by atoms with Crippen LogP contribution in [0.3, 0.4) is 0 Å². The molecule has 0 atom stereocenters. The highest BCUT2D eigenvalue weighted by Crippen LogP contribution is 2.14. The second-order valence-corrected chi connectivity index (χ2v) is 6.96. The number of carbonyl (C=O) groups excluding carboxylic acids is 3. The van der Waals surface area contributed by atoms with Crippen LogP contribution in [0.1, 0.15) is 0 Å². The molecule has 1 rings (SSSR count). The Bertz CT molecular complexity index is 544. The molecule has 0 aliphatic heterocycles. The van der Waals surface area contributed by atoms with Gasteiger partial charge in [-0.2, -0.15) is 15.0 Å². The largest absolute Gasteiger partial charge is 0.292 e. The zero-order chi connectivity index (χ0) is 18.4. The molecule has 0 aliphatic rings. The highest BCUT2D eigenvalue weighted by molar-refractivity contribution is 6.55. The Morgan fingerprint density at radius 3 is 0.958 bits per heavy atom. The average Bonchev–Trinajstić information content (AvgIpc) is 2.46. The van der Waals surface area contributed by atoms with Gasteiger partial charge < -0.3 is 0 Å². The van der Waals surface area contributed by atoms with E-state index in [1.165, 1.54) is 0 Å². The highest BCUT2D eigenvalue weighted by Gasteiger charge is 2.19. The molecular formula is C9H6Cl6N6O3. The number of carbonyl (C=O) groups is 3. The van der Waals surface area contributed by atoms with E-state index in [1.54, 1.807) is 0 Å². The van der Waals surface area contributed by atoms with Crippen LogP contribution in [0.5, 0.6) is 0 Å². The van der Waals surface area contributed by atoms with Crippen LogP contribution in [0.15, 0.2) is 0 Å². The van der Waals surface area contributed by atoms with Crippen molar-refractivity contribution >= 4 is 105 Å². The molecule has 0 fully saturated rings. The molecule has 3 N–H and O–H groups in total. The lowest BCUT2D eigenvalue weighted by molar-refractivity contribution is -0.115. The lowest BCUT2D eigenvalue weighted by atomic mass is 10.6. The third kappa shape index (κ3) is 6.96. The van der Waals surface area contributed by atoms with E-state index in [9.17, 15) is 14.4 Å². The first kappa shape index (κ1) is 21.2. The van der Waals surface area contributed by atoms with E-state index >= 15 is 0 Å². The number of anilines is 3. The summed E-state index contributed by atoms with van der Waals surface area (Å²) in [6.07, 6.45) is 0. The second kappa shape index (κ2) is 9.59. The Labute approximate surface area is 164 Å². The number of alkyl halides is 6. The van der Waals surface area contributed by atoms with Gasteiger partial charge in [-0.15, -0.1) is 0 Å². The van der Waals surface area contributed by atoms with E-state index in [4.69, 9.17) is 69.6 Å². The first-order valence-corrected chi connectivity index (χ1v) is 8.25. The summed E-state index contributed by atoms with van der Waals surface area (Å²) >= 11 is 32.3. The molecule has 1 aromatic rings. The molecule has 1 heterocycles. The fourth-order valence-corrected chi connectivity index (χ4v) is 1.37. The van der Waals surface area contributed by atoms with E-state index in [0.29, 0.717) is 0 Å². The molecule has 0 aromatic carbocycles. The molecule has 1 aromatic heterocycles. The predicted molar refractivity (Wildman–Crippen MR) is 92.2 cm³/mol. The number of rotatable bonds is 6. The Kier molecular flexibility index (Phi) is 8.48. The lowest BCUT2D eigenvalue weighted by Crippen LogP contribution is -2.25. The molecule has 132 valence electrons. The number of amides is 3. The Morgan fingerprint density at radius 2 is 0.792 bits per heavy atom. The summed E-state index contributed by atoms with van der Waals surface area (Å²) in [5.41, 5.74) is 0. The van der Waals surface area contributed by atoms with Gasteiger partial charge in [0.15, 0.2) is 14.5 Å². The predicted octanol–water partition coefficient (Wildman–Crippen LogP) is 2.10. The van der Waals surface area contributed by atoms with E-state index in [0.717, 1.165) is 0 Å². The molecule has 0 bridgehead atoms. The number of halogens is 6. The van der Waals surface area contributed by atoms with Gasteiger partial charge in [-0.05, 0) is 0 Å². The maximum Gasteiger partial charge on any atom is 0.260 e. The second-order valence-electron chi connectivity index (χ2n) is 3.68. The lowest BCUT2D eigenvalue weighted by Gasteiger charge is -2.10. The van der Waals surface area contributed by atoms with Gasteiger partial charge in [-0.3, -0.25) is 30.3 Å². The summed E-state index contributed by atoms with van der Waals surface area (Å²) in [4.78, 5) is 41.2. The smallest absolute Gasteiger partial charge is 0.260 e. The molecule has 0 spiro atoms. The monoisotopic (exact) mass is 456 g/mol. The summed E-state index contributed by atoms with van der Waals surface area (Å²) in [6.45, 7) is 0. The third-order valence-corrected chi connectivity index (χ3v) is 3.12. The van der Waals surface area contributed by atoms with Crippen LogP contribution >= 0.6 is 69.6 Å². The Morgan fingerprint density at radius 1 is 0.583 bits per heavy atom. The molecule has 0 unspecified atom stereocenters. The van der Waals surface area contributed by atoms with Crippen molar-refractivity contribution in [3.05, 3.63) is 0 Å². The number of hydrogen-bond donors (Lipinski definition) is 3. The van der Waals surface area contributed by atoms with Gasteiger partial charge in [-0.25, -0.2) is 0 Å². The minimum absolute atomic E-state index is 0.381. The van der Waals surface area contributed by atoms with E-state index in [1.807, 2.05) is 0 Å². The van der Waals surface area contributed by atoms with Crippen LogP contribution in [0.4, 0.5) is 17.8 Å². The normalized spacial score (nSPS) is 10.9. The maximum atomic E-state index is 11.5. The summed E-state index contributed by atoms with van der Waals surface area (Å²) < 4.78 is 0. The first-order chi connectivity index (χ1) is 11.1. The van der Waals surface area contributed by atoms with Gasteiger partial charge >= 0.3 is 0 Å². The molecule has 0 radical (unpaired) electrons. The molecule has 24 heavy (non-hydrogen) atoms. The SMILES string of the molecule is O=C(Nc1nc(NC(=O)C(Cl)Cl)nc(NC(=O)C(Cl)Cl)n1)C(Cl)Cl. The first-order valence-electron chi connectivity index (χ1n) is 5.63. The fourth-order valence-electron chi connectivity index (χ4n) is 1.04. The molecule has 0 aliphatic carbocycles. The van der Waals surface area contributed by atoms with Crippen LogP contribution in [-0.4, -0.2) is 47.2 Å². The Hall–Kier alpha value is -0.840. The zero-order valence-corrected chi connectivity index (χ0v) is 15.6. The van der Waals surface area contributed by atoms with E-state index in [2.05, 4.69) is 30.9 Å². The van der Waals surface area contributed by atoms with Gasteiger partial charge in [0.25, 0.3) is 17.7 Å². The van der Waals surface area contributed by atoms with E-state index < -0.39 is 32.2 Å². The average molecular weight is 459 g/mol. The minimum atomic E-state index is -1.41. The maximum absolute atomic E-state index is 11.5. The number of nitrogens with zero attached hydrogens (tertiary/aromatic N) is 3. The van der Waals surface area contributed by atoms with Crippen molar-refractivity contribution in [1.29, 1.82) is 0 Å². The minimum Gasteiger partial charge on any atom is -0.292 e. The van der Waals surface area contributed by atoms with Crippen molar-refractivity contribution in [1.82, 2.24) is 15.0 Å². The van der Waals surface area contributed by atoms with Crippen LogP contribution in [0.2, 0.25) is 0 Å². The molecule has 3 amide bonds. The van der Waals surface area contributed by atoms with Crippen molar-refractivity contribution in [3.8, 4) is 0 Å². The third-order valence-electron chi connectivity index (χ3n) is 1.94. The van der Waals surface area contributed by atoms with Gasteiger partial charge in [0.1, 0.15) is 0 Å². The van der Waals surface area contributed by atoms with Crippen molar-refractivity contribution in [3.63, 3.8) is 0 Å². The highest BCUT2D eigenvalue weighted by atomic mass is 35.5. The van der Waals surface area contributed by atoms with Crippen molar-refractivity contribution in [2.24, 2.45) is 0 Å². The van der Waals surface area contributed by atoms with Gasteiger partial charge in [0, 0.05) is 0 Å². The molecular weight excluding hydrogens is 453 g/mol. The number of aromatic nitrogens is 3. The number of hydrogen-bond acceptors (Lipinski definition) is 6. The molecule has 9 nitrogen and oxygen atoms in total. The summed E-state index contributed by atoms with van der Waals surface area (Å²) in [5, 5.41) is 6.38. The van der Waals surface area contributed by atoms with Crippen molar-refractivity contribution in [2.45, 2.75) is 14.5 Å². The van der Waals surface area contributed by atoms with Crippen LogP contribution < -0.4 is 16.0 Å². The summed E-state index contributed by atoms with van der Waals surface area (Å²) in [7, 11) is 0. The van der Waals surface area contributed by atoms with E-state index in [-0.39, 0.29) is 17.8 Å². The standard InChI is InChI=1S/C9H6Cl6N6O3/c10-1(11)4(22)16-7-19-8(17-5(23)2(12)13)21-9(20-7)18-6(24)3(14)15/h1-3H,(H3,16,17,18,19,20,21,22,23,24).